The van der Waals surface area contributed by atoms with Crippen LogP contribution in [0.2, 0.25) is 0 Å². The van der Waals surface area contributed by atoms with Gasteiger partial charge in [-0.25, -0.2) is 0 Å². The Balaban J connectivity index is 1.32. The van der Waals surface area contributed by atoms with E-state index in [0.29, 0.717) is 43.0 Å². The van der Waals surface area contributed by atoms with Crippen LogP contribution in [0.25, 0.3) is 10.8 Å². The number of benzene rings is 3. The average molecular weight is 586 g/mol. The number of aliphatic hydroxyl groups excluding tert-OH is 1. The molecule has 3 aliphatic rings. The molecule has 3 saturated heterocycles. The summed E-state index contributed by atoms with van der Waals surface area (Å²) in [5, 5.41) is 17.5. The molecule has 0 radical (unpaired) electrons. The highest BCUT2D eigenvalue weighted by atomic mass is 16.5. The Bertz CT molecular complexity index is 1540. The predicted octanol–water partition coefficient (Wildman–Crippen LogP) is 4.60. The van der Waals surface area contributed by atoms with E-state index in [1.54, 1.807) is 29.2 Å². The highest BCUT2D eigenvalue weighted by Crippen LogP contribution is 2.65. The monoisotopic (exact) mass is 585 g/mol. The molecular formula is C34H39N3O6. The van der Waals surface area contributed by atoms with Crippen molar-refractivity contribution in [2.24, 2.45) is 17.8 Å². The quantitative estimate of drug-likeness (QED) is 0.300. The molecule has 3 aliphatic heterocycles. The van der Waals surface area contributed by atoms with Gasteiger partial charge in [-0.2, -0.15) is 0 Å². The first kappa shape index (κ1) is 29.1. The Morgan fingerprint density at radius 2 is 1.70 bits per heavy atom. The fourth-order valence-electron chi connectivity index (χ4n) is 7.57. The SMILES string of the molecule is CCOc1ccc(NC(=O)[C@@H]2[C@H]3C(=O)N(CCCCO)C(C(=O)Nc4ccc5ccccc5c4)C34CC(C)[C@@]2(C)O4)cc1. The summed E-state index contributed by atoms with van der Waals surface area (Å²) in [7, 11) is 0. The van der Waals surface area contributed by atoms with Crippen molar-refractivity contribution in [1.82, 2.24) is 4.90 Å². The third kappa shape index (κ3) is 4.84. The van der Waals surface area contributed by atoms with Gasteiger partial charge in [-0.3, -0.25) is 14.4 Å². The lowest BCUT2D eigenvalue weighted by Crippen LogP contribution is -2.54. The molecule has 3 aromatic carbocycles. The summed E-state index contributed by atoms with van der Waals surface area (Å²) in [4.78, 5) is 44.0. The van der Waals surface area contributed by atoms with Crippen molar-refractivity contribution in [2.75, 3.05) is 30.4 Å². The first-order valence-electron chi connectivity index (χ1n) is 15.2. The highest BCUT2D eigenvalue weighted by Gasteiger charge is 2.79. The van der Waals surface area contributed by atoms with Gasteiger partial charge in [-0.1, -0.05) is 37.3 Å². The molecule has 3 unspecified atom stereocenters. The van der Waals surface area contributed by atoms with Crippen LogP contribution in [0, 0.1) is 17.8 Å². The van der Waals surface area contributed by atoms with Crippen LogP contribution in [0.3, 0.4) is 0 Å². The zero-order valence-corrected chi connectivity index (χ0v) is 24.8. The summed E-state index contributed by atoms with van der Waals surface area (Å²) in [6, 6.07) is 19.8. The average Bonchev–Trinajstić information content (AvgIpc) is 3.50. The molecule has 3 amide bonds. The maximum Gasteiger partial charge on any atom is 0.250 e. The number of ether oxygens (including phenoxy) is 2. The zero-order chi connectivity index (χ0) is 30.4. The number of rotatable bonds is 10. The van der Waals surface area contributed by atoms with Crippen molar-refractivity contribution in [1.29, 1.82) is 0 Å². The second-order valence-electron chi connectivity index (χ2n) is 12.2. The minimum atomic E-state index is -1.15. The number of carbonyl (C=O) groups is 3. The summed E-state index contributed by atoms with van der Waals surface area (Å²) in [5.41, 5.74) is -0.846. The summed E-state index contributed by atoms with van der Waals surface area (Å²) < 4.78 is 12.3. The number of likely N-dealkylation sites (tertiary alicyclic amines) is 1. The normalized spacial score (nSPS) is 29.1. The molecule has 0 aliphatic carbocycles. The van der Waals surface area contributed by atoms with Gasteiger partial charge in [0.2, 0.25) is 17.7 Å². The van der Waals surface area contributed by atoms with E-state index >= 15 is 0 Å². The Kier molecular flexibility index (Phi) is 7.64. The maximum atomic E-state index is 14.2. The molecule has 6 atom stereocenters. The number of fused-ring (bicyclic) bond motifs is 2. The van der Waals surface area contributed by atoms with E-state index in [2.05, 4.69) is 10.6 Å². The molecule has 3 heterocycles. The minimum Gasteiger partial charge on any atom is -0.494 e. The third-order valence-corrected chi connectivity index (χ3v) is 9.60. The van der Waals surface area contributed by atoms with Gasteiger partial charge < -0.3 is 30.1 Å². The Morgan fingerprint density at radius 3 is 2.42 bits per heavy atom. The number of aliphatic hydroxyl groups is 1. The van der Waals surface area contributed by atoms with Gasteiger partial charge in [0.25, 0.3) is 0 Å². The van der Waals surface area contributed by atoms with Gasteiger partial charge in [-0.05, 0) is 86.2 Å². The molecule has 1 spiro atoms. The number of nitrogens with one attached hydrogen (secondary N) is 2. The number of hydrogen-bond acceptors (Lipinski definition) is 6. The predicted molar refractivity (Wildman–Crippen MR) is 164 cm³/mol. The molecule has 9 nitrogen and oxygen atoms in total. The van der Waals surface area contributed by atoms with Gasteiger partial charge >= 0.3 is 0 Å². The molecule has 0 aromatic heterocycles. The van der Waals surface area contributed by atoms with E-state index in [-0.39, 0.29) is 36.8 Å². The number of hydrogen-bond donors (Lipinski definition) is 3. The lowest BCUT2D eigenvalue weighted by Gasteiger charge is -2.36. The fourth-order valence-corrected chi connectivity index (χ4v) is 7.57. The lowest BCUT2D eigenvalue weighted by atomic mass is 9.62. The van der Waals surface area contributed by atoms with E-state index in [9.17, 15) is 19.5 Å². The van der Waals surface area contributed by atoms with Gasteiger partial charge in [-0.15, -0.1) is 0 Å². The Labute approximate surface area is 251 Å². The maximum absolute atomic E-state index is 14.2. The van der Waals surface area contributed by atoms with Gasteiger partial charge in [0.15, 0.2) is 0 Å². The fraction of sp³-hybridized carbons (Fsp3) is 0.441. The van der Waals surface area contributed by atoms with Crippen LogP contribution >= 0.6 is 0 Å². The number of amides is 3. The lowest BCUT2D eigenvalue weighted by molar-refractivity contribution is -0.144. The molecule has 0 saturated carbocycles. The summed E-state index contributed by atoms with van der Waals surface area (Å²) in [6.45, 7) is 6.65. The first-order valence-corrected chi connectivity index (χ1v) is 15.2. The van der Waals surface area contributed by atoms with E-state index in [1.807, 2.05) is 63.2 Å². The molecule has 2 bridgehead atoms. The van der Waals surface area contributed by atoms with Crippen LogP contribution < -0.4 is 15.4 Å². The molecule has 226 valence electrons. The van der Waals surface area contributed by atoms with Gasteiger partial charge in [0.1, 0.15) is 17.4 Å². The van der Waals surface area contributed by atoms with Crippen molar-refractivity contribution in [3.63, 3.8) is 0 Å². The Morgan fingerprint density at radius 1 is 1.00 bits per heavy atom. The zero-order valence-electron chi connectivity index (χ0n) is 24.8. The molecule has 6 rings (SSSR count). The second-order valence-corrected chi connectivity index (χ2v) is 12.2. The topological polar surface area (TPSA) is 117 Å². The number of carbonyl (C=O) groups excluding carboxylic acids is 3. The molecule has 3 fully saturated rings. The molecule has 3 aromatic rings. The minimum absolute atomic E-state index is 0.0106. The van der Waals surface area contributed by atoms with Crippen LogP contribution in [0.1, 0.15) is 40.0 Å². The number of nitrogens with zero attached hydrogens (tertiary/aromatic N) is 1. The third-order valence-electron chi connectivity index (χ3n) is 9.60. The standard InChI is InChI=1S/C34H39N3O6/c1-4-42-26-15-13-24(14-16-26)35-30(39)27-28-32(41)37(17-7-8-18-38)29(34(28)20-21(2)33(27,3)43-34)31(40)36-25-12-11-22-9-5-6-10-23(22)19-25/h5-6,9-16,19,21,27-29,38H,4,7-8,17-18,20H2,1-3H3,(H,35,39)(H,36,40)/t21?,27-,28-,29?,33+,34?/m0/s1. The van der Waals surface area contributed by atoms with Crippen molar-refractivity contribution in [3.05, 3.63) is 66.7 Å². The smallest absolute Gasteiger partial charge is 0.250 e. The molecule has 9 heteroatoms. The van der Waals surface area contributed by atoms with Crippen LogP contribution in [-0.2, 0) is 19.1 Å². The molecule has 3 N–H and O–H groups in total. The number of unbranched alkanes of at least 4 members (excludes halogenated alkanes) is 1. The van der Waals surface area contributed by atoms with Gasteiger partial charge in [0.05, 0.1) is 24.0 Å². The van der Waals surface area contributed by atoms with E-state index in [0.717, 1.165) is 10.8 Å². The van der Waals surface area contributed by atoms with Crippen molar-refractivity contribution in [3.8, 4) is 5.75 Å². The van der Waals surface area contributed by atoms with Crippen molar-refractivity contribution >= 4 is 39.9 Å². The van der Waals surface area contributed by atoms with E-state index in [4.69, 9.17) is 9.47 Å². The molecule has 43 heavy (non-hydrogen) atoms. The van der Waals surface area contributed by atoms with E-state index < -0.39 is 29.1 Å². The summed E-state index contributed by atoms with van der Waals surface area (Å²) in [6.07, 6.45) is 1.51. The van der Waals surface area contributed by atoms with Gasteiger partial charge in [0, 0.05) is 24.5 Å². The van der Waals surface area contributed by atoms with Crippen LogP contribution in [0.15, 0.2) is 66.7 Å². The van der Waals surface area contributed by atoms with Crippen LogP contribution in [0.4, 0.5) is 11.4 Å². The Hall–Kier alpha value is -3.95. The first-order chi connectivity index (χ1) is 20.7. The molecular weight excluding hydrogens is 546 g/mol. The number of anilines is 2. The highest BCUT2D eigenvalue weighted by molar-refractivity contribution is 6.06. The summed E-state index contributed by atoms with van der Waals surface area (Å²) >= 11 is 0. The largest absolute Gasteiger partial charge is 0.494 e. The van der Waals surface area contributed by atoms with Crippen molar-refractivity contribution in [2.45, 2.75) is 57.3 Å². The second kappa shape index (κ2) is 11.3. The summed E-state index contributed by atoms with van der Waals surface area (Å²) in [5.74, 6) is -1.84. The van der Waals surface area contributed by atoms with Crippen LogP contribution in [-0.4, -0.2) is 64.7 Å². The van der Waals surface area contributed by atoms with Crippen molar-refractivity contribution < 1.29 is 29.0 Å². The van der Waals surface area contributed by atoms with E-state index in [1.165, 1.54) is 0 Å². The van der Waals surface area contributed by atoms with Crippen LogP contribution in [0.5, 0.6) is 5.75 Å².